The molecule has 2 aliphatic carbocycles. The van der Waals surface area contributed by atoms with Crippen molar-refractivity contribution >= 4 is 55.3 Å². The Balaban J connectivity index is 0.000000158. The van der Waals surface area contributed by atoms with Gasteiger partial charge in [-0.25, -0.2) is 0 Å². The smallest absolute Gasteiger partial charge is 0.0901 e. The molecule has 0 amide bonds. The number of hydrogen-bond donors (Lipinski definition) is 1. The van der Waals surface area contributed by atoms with E-state index in [1.54, 1.807) is 6.20 Å². The molecule has 0 saturated heterocycles. The van der Waals surface area contributed by atoms with Gasteiger partial charge in [0, 0.05) is 39.1 Å². The number of nitrogens with one attached hydrogen (secondary N) is 1. The first-order valence-corrected chi connectivity index (χ1v) is 22.1. The lowest BCUT2D eigenvalue weighted by Crippen LogP contribution is -2.36. The van der Waals surface area contributed by atoms with Gasteiger partial charge < -0.3 is 4.98 Å². The van der Waals surface area contributed by atoms with Crippen LogP contribution in [0.25, 0.3) is 38.2 Å². The molecule has 0 atom stereocenters. The molecule has 1 aromatic heterocycles. The fourth-order valence-electron chi connectivity index (χ4n) is 9.47. The molecule has 63 heavy (non-hydrogen) atoms. The van der Waals surface area contributed by atoms with E-state index in [-0.39, 0.29) is 0 Å². The molecule has 1 N–H and O–H groups in total. The topological polar surface area (TPSA) is 40.5 Å². The number of benzene rings is 7. The van der Waals surface area contributed by atoms with Crippen molar-refractivity contribution in [3.63, 3.8) is 0 Å². The standard InChI is InChI=1S/C32H22N2.C26H23N.C2H6/c1-4-12-22(13-5-1)31-32(23-14-6-2-7-15-23,24-16-8-3-9-17-24)27-21-29-26(20-30(27)34-31)25-18-10-11-19-28(25)33-29;1-3-27-26-14-7-6-11-23(26)19(2)20-15-17-22(18-16-20)25-13-8-10-21-9-4-5-12-24(21)25;1-2/h1-21,33H;3-15,17H,1,16,18H2,2H3;1-2H3/b;23-19+,27-26?;. The maximum atomic E-state index is 5.37. The second-order valence-corrected chi connectivity index (χ2v) is 15.8. The van der Waals surface area contributed by atoms with Gasteiger partial charge in [-0.2, -0.15) is 0 Å². The molecule has 1 aliphatic heterocycles. The quantitative estimate of drug-likeness (QED) is 0.174. The molecule has 3 nitrogen and oxygen atoms in total. The summed E-state index contributed by atoms with van der Waals surface area (Å²) in [7, 11) is 0. The third-order valence-corrected chi connectivity index (χ3v) is 12.4. The van der Waals surface area contributed by atoms with Gasteiger partial charge in [-0.1, -0.05) is 202 Å². The summed E-state index contributed by atoms with van der Waals surface area (Å²) in [4.78, 5) is 13.4. The summed E-state index contributed by atoms with van der Waals surface area (Å²) >= 11 is 0. The molecule has 0 unspecified atom stereocenters. The first-order chi connectivity index (χ1) is 31.1. The third kappa shape index (κ3) is 7.57. The van der Waals surface area contributed by atoms with E-state index in [4.69, 9.17) is 4.99 Å². The van der Waals surface area contributed by atoms with Crippen molar-refractivity contribution in [3.05, 3.63) is 264 Å². The van der Waals surface area contributed by atoms with Crippen molar-refractivity contribution in [2.45, 2.75) is 39.0 Å². The molecule has 8 aromatic rings. The Labute approximate surface area is 371 Å². The van der Waals surface area contributed by atoms with Crippen molar-refractivity contribution in [1.82, 2.24) is 4.98 Å². The fraction of sp³-hybridized carbons (Fsp3) is 0.100. The van der Waals surface area contributed by atoms with Crippen LogP contribution in [0, 0.1) is 0 Å². The first-order valence-electron chi connectivity index (χ1n) is 22.1. The number of aliphatic imine (C=N–C) groups is 2. The van der Waals surface area contributed by atoms with Gasteiger partial charge in [0.15, 0.2) is 0 Å². The second kappa shape index (κ2) is 18.2. The maximum Gasteiger partial charge on any atom is 0.0901 e. The lowest BCUT2D eigenvalue weighted by molar-refractivity contribution is 0.852. The molecular formula is C60H51N3. The Hall–Kier alpha value is -7.62. The highest BCUT2D eigenvalue weighted by Gasteiger charge is 2.47. The number of fused-ring (bicyclic) bond motifs is 5. The van der Waals surface area contributed by atoms with Crippen LogP contribution >= 0.6 is 0 Å². The summed E-state index contributed by atoms with van der Waals surface area (Å²) in [6.45, 7) is 9.93. The van der Waals surface area contributed by atoms with Gasteiger partial charge in [0.25, 0.3) is 0 Å². The van der Waals surface area contributed by atoms with E-state index in [1.165, 1.54) is 66.1 Å². The number of para-hydroxylation sites is 1. The van der Waals surface area contributed by atoms with Crippen LogP contribution in [0.2, 0.25) is 0 Å². The Morgan fingerprint density at radius 1 is 0.635 bits per heavy atom. The van der Waals surface area contributed by atoms with E-state index in [9.17, 15) is 0 Å². The van der Waals surface area contributed by atoms with Gasteiger partial charge in [0.1, 0.15) is 0 Å². The van der Waals surface area contributed by atoms with E-state index >= 15 is 0 Å². The second-order valence-electron chi connectivity index (χ2n) is 15.8. The predicted octanol–water partition coefficient (Wildman–Crippen LogP) is 15.8. The summed E-state index contributed by atoms with van der Waals surface area (Å²) in [5.74, 6) is 0. The van der Waals surface area contributed by atoms with E-state index in [2.05, 4.69) is 218 Å². The number of nitrogens with zero attached hydrogens (tertiary/aromatic N) is 2. The van der Waals surface area contributed by atoms with Gasteiger partial charge >= 0.3 is 0 Å². The molecule has 3 aliphatic rings. The van der Waals surface area contributed by atoms with Crippen LogP contribution in [-0.4, -0.2) is 16.4 Å². The summed E-state index contributed by atoms with van der Waals surface area (Å²) < 4.78 is 0. The lowest BCUT2D eigenvalue weighted by atomic mass is 9.65. The number of allylic oxidation sites excluding steroid dienone is 10. The van der Waals surface area contributed by atoms with Gasteiger partial charge in [0.2, 0.25) is 0 Å². The number of hydrogen-bond acceptors (Lipinski definition) is 2. The zero-order valence-electron chi connectivity index (χ0n) is 36.2. The van der Waals surface area contributed by atoms with Crippen LogP contribution in [0.15, 0.2) is 246 Å². The minimum absolute atomic E-state index is 0.509. The molecule has 0 fully saturated rings. The average molecular weight is 814 g/mol. The molecule has 7 aromatic carbocycles. The Morgan fingerprint density at radius 2 is 1.27 bits per heavy atom. The number of aromatic amines is 1. The van der Waals surface area contributed by atoms with Crippen LogP contribution in [0.3, 0.4) is 0 Å². The van der Waals surface area contributed by atoms with Crippen LogP contribution in [0.5, 0.6) is 0 Å². The highest BCUT2D eigenvalue weighted by Crippen LogP contribution is 2.52. The maximum absolute atomic E-state index is 5.37. The van der Waals surface area contributed by atoms with Crippen LogP contribution < -0.4 is 0 Å². The van der Waals surface area contributed by atoms with E-state index in [1.807, 2.05) is 26.0 Å². The van der Waals surface area contributed by atoms with Gasteiger partial charge in [-0.15, -0.1) is 0 Å². The largest absolute Gasteiger partial charge is 0.354 e. The number of H-pyrrole nitrogens is 1. The third-order valence-electron chi connectivity index (χ3n) is 12.4. The average Bonchev–Trinajstić information content (AvgIpc) is 3.90. The molecule has 3 heteroatoms. The van der Waals surface area contributed by atoms with Crippen LogP contribution in [0.4, 0.5) is 5.69 Å². The first kappa shape index (κ1) is 40.8. The normalized spacial score (nSPS) is 16.3. The van der Waals surface area contributed by atoms with E-state index < -0.39 is 5.41 Å². The summed E-state index contributed by atoms with van der Waals surface area (Å²) in [6, 6.07) is 60.5. The highest BCUT2D eigenvalue weighted by atomic mass is 14.8. The van der Waals surface area contributed by atoms with Crippen molar-refractivity contribution in [3.8, 4) is 0 Å². The minimum Gasteiger partial charge on any atom is -0.354 e. The Kier molecular flexibility index (Phi) is 11.7. The molecule has 2 heterocycles. The summed E-state index contributed by atoms with van der Waals surface area (Å²) in [6.07, 6.45) is 16.6. The SMILES string of the molecule is C=CN=C1C=CC=C/C1=C(/C)C1=CC=C(c2cccc3ccccc23)CC1.CC.c1ccc(C2=Nc3cc4c(cc3C2(c2ccccc2)c2ccccc2)[nH]c2ccccc24)cc1. The lowest BCUT2D eigenvalue weighted by Gasteiger charge is -2.34. The van der Waals surface area contributed by atoms with Gasteiger partial charge in [-0.05, 0) is 93.8 Å². The minimum atomic E-state index is -0.509. The van der Waals surface area contributed by atoms with Crippen molar-refractivity contribution in [2.24, 2.45) is 9.98 Å². The van der Waals surface area contributed by atoms with Crippen molar-refractivity contribution < 1.29 is 0 Å². The fourth-order valence-corrected chi connectivity index (χ4v) is 9.47. The Bertz CT molecular complexity index is 3140. The van der Waals surface area contributed by atoms with Crippen molar-refractivity contribution in [2.75, 3.05) is 0 Å². The zero-order chi connectivity index (χ0) is 43.2. The van der Waals surface area contributed by atoms with Crippen LogP contribution in [-0.2, 0) is 5.41 Å². The molecule has 306 valence electrons. The Morgan fingerprint density at radius 3 is 1.97 bits per heavy atom. The van der Waals surface area contributed by atoms with Crippen LogP contribution in [0.1, 0.15) is 61.4 Å². The van der Waals surface area contributed by atoms with E-state index in [0.29, 0.717) is 0 Å². The molecule has 0 spiro atoms. The number of aromatic nitrogens is 1. The highest BCUT2D eigenvalue weighted by molar-refractivity contribution is 6.19. The zero-order valence-corrected chi connectivity index (χ0v) is 36.2. The van der Waals surface area contributed by atoms with Crippen molar-refractivity contribution in [1.29, 1.82) is 0 Å². The van der Waals surface area contributed by atoms with Gasteiger partial charge in [0.05, 0.1) is 22.5 Å². The van der Waals surface area contributed by atoms with E-state index in [0.717, 1.165) is 46.5 Å². The molecule has 11 rings (SSSR count). The molecular weight excluding hydrogens is 763 g/mol. The molecule has 0 saturated carbocycles. The monoisotopic (exact) mass is 813 g/mol. The van der Waals surface area contributed by atoms with Gasteiger partial charge in [-0.3, -0.25) is 9.98 Å². The molecule has 0 bridgehead atoms. The number of rotatable bonds is 6. The summed E-state index contributed by atoms with van der Waals surface area (Å²) in [5, 5.41) is 5.07. The summed E-state index contributed by atoms with van der Waals surface area (Å²) in [5.41, 5.74) is 16.3. The molecule has 0 radical (unpaired) electrons. The predicted molar refractivity (Wildman–Crippen MR) is 270 cm³/mol.